The van der Waals surface area contributed by atoms with Crippen LogP contribution in [0.2, 0.25) is 0 Å². The number of carbonyl (C=O) groups is 2. The Morgan fingerprint density at radius 2 is 1.76 bits per heavy atom. The minimum atomic E-state index is -0.491. The Hall–Kier alpha value is -1.69. The maximum Gasteiger partial charge on any atom is 0.256 e. The van der Waals surface area contributed by atoms with Crippen molar-refractivity contribution >= 4 is 11.7 Å². The summed E-state index contributed by atoms with van der Waals surface area (Å²) in [5, 5.41) is 15.0. The van der Waals surface area contributed by atoms with E-state index in [2.05, 4.69) is 18.9 Å². The average molecular weight is 470 g/mol. The topological polar surface area (TPSA) is 75.4 Å². The van der Waals surface area contributed by atoms with Gasteiger partial charge in [0.15, 0.2) is 5.78 Å². The van der Waals surface area contributed by atoms with Crippen LogP contribution in [0.5, 0.6) is 0 Å². The Labute approximate surface area is 204 Å². The molecule has 4 saturated carbocycles. The van der Waals surface area contributed by atoms with Crippen LogP contribution in [-0.2, 0) is 11.3 Å². The molecule has 1 aromatic heterocycles. The van der Waals surface area contributed by atoms with Crippen LogP contribution >= 0.6 is 0 Å². The van der Waals surface area contributed by atoms with Gasteiger partial charge in [0.1, 0.15) is 0 Å². The number of ketones is 1. The van der Waals surface area contributed by atoms with Gasteiger partial charge in [-0.3, -0.25) is 14.3 Å². The average Bonchev–Trinajstić information content (AvgIpc) is 3.37. The first-order valence-electron chi connectivity index (χ1n) is 13.4. The van der Waals surface area contributed by atoms with Gasteiger partial charge < -0.3 is 10.0 Å². The maximum absolute atomic E-state index is 13.5. The third-order valence-electron chi connectivity index (χ3n) is 10.9. The van der Waals surface area contributed by atoms with Crippen LogP contribution < -0.4 is 0 Å². The smallest absolute Gasteiger partial charge is 0.256 e. The molecular formula is C28H43N3O3. The lowest BCUT2D eigenvalue weighted by atomic mass is 9.44. The van der Waals surface area contributed by atoms with E-state index in [1.165, 1.54) is 24.2 Å². The van der Waals surface area contributed by atoms with E-state index in [1.54, 1.807) is 31.2 Å². The third kappa shape index (κ3) is 3.75. The number of carbonyl (C=O) groups excluding carboxylic acids is 2. The molecule has 34 heavy (non-hydrogen) atoms. The number of hydrogen-bond donors (Lipinski definition) is 1. The largest absolute Gasteiger partial charge is 0.390 e. The first kappa shape index (κ1) is 24.0. The Morgan fingerprint density at radius 3 is 2.50 bits per heavy atom. The zero-order valence-electron chi connectivity index (χ0n) is 21.7. The van der Waals surface area contributed by atoms with Gasteiger partial charge in [0, 0.05) is 26.2 Å². The molecule has 4 aliphatic rings. The number of fused-ring (bicyclic) bond motifs is 5. The second kappa shape index (κ2) is 8.18. The molecule has 6 nitrogen and oxygen atoms in total. The van der Waals surface area contributed by atoms with Crippen molar-refractivity contribution in [2.24, 2.45) is 40.4 Å². The van der Waals surface area contributed by atoms with E-state index in [1.807, 2.05) is 6.92 Å². The number of hydrogen-bond acceptors (Lipinski definition) is 4. The van der Waals surface area contributed by atoms with E-state index in [4.69, 9.17) is 0 Å². The van der Waals surface area contributed by atoms with E-state index in [-0.39, 0.29) is 29.6 Å². The quantitative estimate of drug-likeness (QED) is 0.701. The van der Waals surface area contributed by atoms with Crippen LogP contribution in [0, 0.1) is 40.4 Å². The summed E-state index contributed by atoms with van der Waals surface area (Å²) in [6.45, 7) is 7.21. The first-order valence-corrected chi connectivity index (χ1v) is 13.4. The van der Waals surface area contributed by atoms with E-state index in [9.17, 15) is 14.7 Å². The van der Waals surface area contributed by atoms with Gasteiger partial charge in [-0.1, -0.05) is 13.8 Å². The molecule has 1 amide bonds. The Balaban J connectivity index is 1.30. The summed E-state index contributed by atoms with van der Waals surface area (Å²) in [5.41, 5.74) is 0.468. The fourth-order valence-corrected chi connectivity index (χ4v) is 9.05. The molecule has 6 heteroatoms. The lowest BCUT2D eigenvalue weighted by Gasteiger charge is -2.61. The number of Topliss-reactive ketones (excluding diaryl/α,β-unsaturated/α-hetero) is 1. The second-order valence-corrected chi connectivity index (χ2v) is 13.1. The molecule has 188 valence electrons. The van der Waals surface area contributed by atoms with Crippen molar-refractivity contribution in [1.29, 1.82) is 0 Å². The van der Waals surface area contributed by atoms with Crippen LogP contribution in [0.1, 0.15) is 88.9 Å². The van der Waals surface area contributed by atoms with Crippen molar-refractivity contribution in [2.45, 2.75) is 90.7 Å². The lowest BCUT2D eigenvalue weighted by Crippen LogP contribution is -2.55. The number of aromatic nitrogens is 2. The minimum absolute atomic E-state index is 0.0804. The highest BCUT2D eigenvalue weighted by atomic mass is 16.3. The molecule has 0 saturated heterocycles. The third-order valence-corrected chi connectivity index (χ3v) is 10.9. The van der Waals surface area contributed by atoms with Gasteiger partial charge >= 0.3 is 0 Å². The van der Waals surface area contributed by atoms with Crippen molar-refractivity contribution in [3.8, 4) is 0 Å². The summed E-state index contributed by atoms with van der Waals surface area (Å²) in [6.07, 6.45) is 13.3. The summed E-state index contributed by atoms with van der Waals surface area (Å²) in [6, 6.07) is 0. The summed E-state index contributed by atoms with van der Waals surface area (Å²) < 4.78 is 1.65. The van der Waals surface area contributed by atoms with E-state index in [0.29, 0.717) is 22.8 Å². The van der Waals surface area contributed by atoms with Crippen LogP contribution in [-0.4, -0.2) is 51.2 Å². The number of aliphatic hydroxyl groups is 1. The summed E-state index contributed by atoms with van der Waals surface area (Å²) >= 11 is 0. The molecule has 0 unspecified atom stereocenters. The SMILES string of the molecule is CN(C)C(=O)c1cnn(CC(=O)[C@H]2CC[C@H]3[C@@H]4CC[C@@H]5C[C@](C)(O)CC[C@]5(C)[C@H]4CC[C@]23C)c1. The molecule has 8 atom stereocenters. The zero-order valence-corrected chi connectivity index (χ0v) is 21.7. The molecule has 0 radical (unpaired) electrons. The van der Waals surface area contributed by atoms with Gasteiger partial charge in [-0.2, -0.15) is 5.10 Å². The van der Waals surface area contributed by atoms with Crippen LogP contribution in [0.4, 0.5) is 0 Å². The highest BCUT2D eigenvalue weighted by molar-refractivity contribution is 5.93. The predicted octanol–water partition coefficient (Wildman–Crippen LogP) is 4.56. The van der Waals surface area contributed by atoms with Crippen molar-refractivity contribution in [1.82, 2.24) is 14.7 Å². The predicted molar refractivity (Wildman–Crippen MR) is 131 cm³/mol. The van der Waals surface area contributed by atoms with Gasteiger partial charge in [0.2, 0.25) is 0 Å². The molecular weight excluding hydrogens is 426 g/mol. The monoisotopic (exact) mass is 469 g/mol. The van der Waals surface area contributed by atoms with Crippen molar-refractivity contribution in [3.63, 3.8) is 0 Å². The van der Waals surface area contributed by atoms with Gasteiger partial charge in [0.25, 0.3) is 5.91 Å². The molecule has 5 rings (SSSR count). The van der Waals surface area contributed by atoms with Crippen LogP contribution in [0.15, 0.2) is 12.4 Å². The number of nitrogens with zero attached hydrogens (tertiary/aromatic N) is 3. The number of rotatable bonds is 4. The fraction of sp³-hybridized carbons (Fsp3) is 0.821. The van der Waals surface area contributed by atoms with Gasteiger partial charge in [-0.15, -0.1) is 0 Å². The Kier molecular flexibility index (Phi) is 5.78. The van der Waals surface area contributed by atoms with Gasteiger partial charge in [-0.25, -0.2) is 0 Å². The molecule has 1 heterocycles. The molecule has 0 aromatic carbocycles. The standard InChI is InChI=1S/C28H43N3O3/c1-26(34)12-13-27(2)19(14-26)6-7-20-21-8-9-23(28(21,3)11-10-22(20)27)24(32)17-31-16-18(15-29-31)25(33)30(4)5/h15-16,19-23,34H,6-14,17H2,1-5H3/t19-,20+,21+,22+,23-,26-,27+,28+/m1/s1. The van der Waals surface area contributed by atoms with E-state index < -0.39 is 5.60 Å². The molecule has 1 N–H and O–H groups in total. The van der Waals surface area contributed by atoms with Gasteiger partial charge in [0.05, 0.1) is 23.9 Å². The van der Waals surface area contributed by atoms with Gasteiger partial charge in [-0.05, 0) is 99.2 Å². The van der Waals surface area contributed by atoms with Crippen LogP contribution in [0.3, 0.4) is 0 Å². The lowest BCUT2D eigenvalue weighted by molar-refractivity contribution is -0.151. The Bertz CT molecular complexity index is 968. The fourth-order valence-electron chi connectivity index (χ4n) is 9.05. The van der Waals surface area contributed by atoms with E-state index >= 15 is 0 Å². The zero-order chi connectivity index (χ0) is 24.5. The summed E-state index contributed by atoms with van der Waals surface area (Å²) in [5.74, 6) is 3.01. The molecule has 0 spiro atoms. The molecule has 0 aliphatic heterocycles. The number of amides is 1. The maximum atomic E-state index is 13.5. The van der Waals surface area contributed by atoms with Crippen molar-refractivity contribution < 1.29 is 14.7 Å². The molecule has 4 fully saturated rings. The minimum Gasteiger partial charge on any atom is -0.390 e. The highest BCUT2D eigenvalue weighted by Crippen LogP contribution is 2.68. The molecule has 4 aliphatic carbocycles. The van der Waals surface area contributed by atoms with Crippen molar-refractivity contribution in [3.05, 3.63) is 18.0 Å². The van der Waals surface area contributed by atoms with Crippen LogP contribution in [0.25, 0.3) is 0 Å². The van der Waals surface area contributed by atoms with E-state index in [0.717, 1.165) is 50.4 Å². The van der Waals surface area contributed by atoms with Crippen molar-refractivity contribution in [2.75, 3.05) is 14.1 Å². The summed E-state index contributed by atoms with van der Waals surface area (Å²) in [4.78, 5) is 27.3. The highest BCUT2D eigenvalue weighted by Gasteiger charge is 2.61. The molecule has 1 aromatic rings. The molecule has 0 bridgehead atoms. The normalized spacial score (nSPS) is 43.5. The first-order chi connectivity index (χ1) is 15.9. The Morgan fingerprint density at radius 1 is 1.03 bits per heavy atom. The second-order valence-electron chi connectivity index (χ2n) is 13.1. The summed E-state index contributed by atoms with van der Waals surface area (Å²) in [7, 11) is 3.45.